The summed E-state index contributed by atoms with van der Waals surface area (Å²) in [6.45, 7) is 17.2. The van der Waals surface area contributed by atoms with E-state index < -0.39 is 0 Å². The van der Waals surface area contributed by atoms with Crippen LogP contribution in [0.1, 0.15) is 233 Å². The number of hydrogen-bond acceptors (Lipinski definition) is 5. The molecule has 2 atom stereocenters. The van der Waals surface area contributed by atoms with Crippen LogP contribution in [0.2, 0.25) is 0 Å². The molecule has 51 heavy (non-hydrogen) atoms. The first-order valence-electron chi connectivity index (χ1n) is 22.5. The molecule has 0 amide bonds. The SMILES string of the molecule is CCCCCCC(O)CCCC.[CH2-]CCCCCCCCN(CCCCO)CCCCCCCCCOC(=O)C(CCCC)CCCCCC.[W]. The van der Waals surface area contributed by atoms with Gasteiger partial charge in [0.2, 0.25) is 0 Å². The summed E-state index contributed by atoms with van der Waals surface area (Å²) >= 11 is 0. The zero-order valence-electron chi connectivity index (χ0n) is 35.1. The Morgan fingerprint density at radius 2 is 0.922 bits per heavy atom. The van der Waals surface area contributed by atoms with Crippen LogP contribution in [0.15, 0.2) is 0 Å². The van der Waals surface area contributed by atoms with E-state index in [1.54, 1.807) is 0 Å². The molecule has 0 radical (unpaired) electrons. The summed E-state index contributed by atoms with van der Waals surface area (Å²) in [5, 5.41) is 18.6. The summed E-state index contributed by atoms with van der Waals surface area (Å²) < 4.78 is 5.67. The normalized spacial score (nSPS) is 12.3. The molecule has 6 heteroatoms. The van der Waals surface area contributed by atoms with Crippen LogP contribution >= 0.6 is 0 Å². The molecule has 2 N–H and O–H groups in total. The molecule has 0 fully saturated rings. The van der Waals surface area contributed by atoms with Crippen LogP contribution in [0.3, 0.4) is 0 Å². The van der Waals surface area contributed by atoms with Crippen molar-refractivity contribution in [3.8, 4) is 0 Å². The molecule has 0 spiro atoms. The van der Waals surface area contributed by atoms with E-state index in [4.69, 9.17) is 9.84 Å². The van der Waals surface area contributed by atoms with Gasteiger partial charge in [0, 0.05) is 27.7 Å². The number of carbonyl (C=O) groups is 1. The average molecular weight is 895 g/mol. The van der Waals surface area contributed by atoms with E-state index in [1.165, 1.54) is 148 Å². The molecule has 0 heterocycles. The van der Waals surface area contributed by atoms with Crippen molar-refractivity contribution in [2.24, 2.45) is 5.92 Å². The number of nitrogens with zero attached hydrogens (tertiary/aromatic N) is 1. The molecule has 0 bridgehead atoms. The van der Waals surface area contributed by atoms with Gasteiger partial charge in [0.05, 0.1) is 18.6 Å². The Kier molecular flexibility index (Phi) is 52.2. The number of ether oxygens (including phenoxy) is 1. The Balaban J connectivity index is -0.00000150. The van der Waals surface area contributed by atoms with E-state index in [0.717, 1.165) is 77.2 Å². The fraction of sp³-hybridized carbons (Fsp3) is 0.956. The standard InChI is InChI=1S/C34H68NO3.C11H24O.W/c1-4-7-10-12-14-17-21-28-35(30-23-24-31-36)29-22-18-15-13-16-19-25-32-38-34(37)33(26-9-6-3)27-20-11-8-5-2;1-3-5-7-8-10-11(12)9-6-4-2;/h33,36H,1,4-32H2,2-3H3;11-12H,3-10H2,1-2H3;/q-1;;. The maximum atomic E-state index is 12.6. The quantitative estimate of drug-likeness (QED) is 0.0365. The van der Waals surface area contributed by atoms with Crippen LogP contribution in [0, 0.1) is 12.8 Å². The summed E-state index contributed by atoms with van der Waals surface area (Å²) in [6.07, 6.45) is 38.4. The first-order chi connectivity index (χ1) is 24.5. The molecular formula is C45H92NO4W-. The summed E-state index contributed by atoms with van der Waals surface area (Å²) in [4.78, 5) is 15.2. The molecule has 0 aromatic heterocycles. The Labute approximate surface area is 335 Å². The third-order valence-electron chi connectivity index (χ3n) is 10.1. The van der Waals surface area contributed by atoms with Crippen molar-refractivity contribution in [2.45, 2.75) is 239 Å². The second kappa shape index (κ2) is 48.1. The molecule has 0 rings (SSSR count). The predicted molar refractivity (Wildman–Crippen MR) is 220 cm³/mol. The monoisotopic (exact) mass is 895 g/mol. The number of aliphatic hydroxyl groups is 2. The Morgan fingerprint density at radius 3 is 1.43 bits per heavy atom. The zero-order chi connectivity index (χ0) is 37.2. The van der Waals surface area contributed by atoms with Crippen molar-refractivity contribution in [1.82, 2.24) is 4.90 Å². The van der Waals surface area contributed by atoms with Crippen molar-refractivity contribution >= 4 is 5.97 Å². The van der Waals surface area contributed by atoms with Gasteiger partial charge in [0.15, 0.2) is 0 Å². The number of hydrogen-bond donors (Lipinski definition) is 2. The maximum Gasteiger partial charge on any atom is 0.308 e. The fourth-order valence-electron chi connectivity index (χ4n) is 6.65. The molecule has 0 saturated carbocycles. The minimum absolute atomic E-state index is 0. The van der Waals surface area contributed by atoms with Gasteiger partial charge in [-0.25, -0.2) is 0 Å². The molecular weight excluding hydrogens is 802 g/mol. The molecule has 0 aromatic rings. The number of unbranched alkanes of at least 4 members (excludes halogenated alkanes) is 21. The van der Waals surface area contributed by atoms with Gasteiger partial charge in [-0.2, -0.15) is 6.42 Å². The Morgan fingerprint density at radius 1 is 0.529 bits per heavy atom. The van der Waals surface area contributed by atoms with Crippen LogP contribution in [0.4, 0.5) is 0 Å². The van der Waals surface area contributed by atoms with E-state index in [0.29, 0.717) is 13.2 Å². The number of esters is 1. The van der Waals surface area contributed by atoms with Crippen LogP contribution < -0.4 is 0 Å². The fourth-order valence-corrected chi connectivity index (χ4v) is 6.65. The molecule has 0 aliphatic heterocycles. The number of carbonyl (C=O) groups excluding carboxylic acids is 1. The molecule has 2 unspecified atom stereocenters. The smallest absolute Gasteiger partial charge is 0.308 e. The van der Waals surface area contributed by atoms with Gasteiger partial charge in [-0.15, -0.1) is 0 Å². The van der Waals surface area contributed by atoms with Gasteiger partial charge in [-0.3, -0.25) is 4.79 Å². The van der Waals surface area contributed by atoms with E-state index in [-0.39, 0.29) is 39.1 Å². The van der Waals surface area contributed by atoms with Gasteiger partial charge in [-0.1, -0.05) is 169 Å². The van der Waals surface area contributed by atoms with Crippen LogP contribution in [-0.4, -0.2) is 60.0 Å². The third kappa shape index (κ3) is 44.3. The second-order valence-corrected chi connectivity index (χ2v) is 15.2. The zero-order valence-corrected chi connectivity index (χ0v) is 38.0. The molecule has 0 aliphatic rings. The number of rotatable bonds is 39. The van der Waals surface area contributed by atoms with Gasteiger partial charge in [0.25, 0.3) is 0 Å². The summed E-state index contributed by atoms with van der Waals surface area (Å²) in [5.74, 6) is 0.186. The molecule has 0 aromatic carbocycles. The van der Waals surface area contributed by atoms with E-state index in [9.17, 15) is 9.90 Å². The molecule has 5 nitrogen and oxygen atoms in total. The number of aliphatic hydroxyl groups excluding tert-OH is 2. The van der Waals surface area contributed by atoms with Gasteiger partial charge < -0.3 is 26.8 Å². The molecule has 0 saturated heterocycles. The van der Waals surface area contributed by atoms with Crippen molar-refractivity contribution in [2.75, 3.05) is 32.8 Å². The molecule has 308 valence electrons. The maximum absolute atomic E-state index is 12.6. The minimum Gasteiger partial charge on any atom is -0.465 e. The Bertz CT molecular complexity index is 637. The summed E-state index contributed by atoms with van der Waals surface area (Å²) in [5.41, 5.74) is 0. The van der Waals surface area contributed by atoms with Crippen molar-refractivity contribution in [1.29, 1.82) is 0 Å². The van der Waals surface area contributed by atoms with Crippen LogP contribution in [0.5, 0.6) is 0 Å². The van der Waals surface area contributed by atoms with E-state index >= 15 is 0 Å². The van der Waals surface area contributed by atoms with E-state index in [1.807, 2.05) is 0 Å². The topological polar surface area (TPSA) is 70.0 Å². The second-order valence-electron chi connectivity index (χ2n) is 15.2. The minimum atomic E-state index is -0.0261. The predicted octanol–water partition coefficient (Wildman–Crippen LogP) is 13.2. The third-order valence-corrected chi connectivity index (χ3v) is 10.1. The van der Waals surface area contributed by atoms with E-state index in [2.05, 4.69) is 39.5 Å². The van der Waals surface area contributed by atoms with Crippen LogP contribution in [0.25, 0.3) is 0 Å². The van der Waals surface area contributed by atoms with Gasteiger partial charge in [0.1, 0.15) is 0 Å². The first kappa shape index (κ1) is 55.4. The van der Waals surface area contributed by atoms with Crippen molar-refractivity contribution in [3.05, 3.63) is 6.92 Å². The molecule has 0 aliphatic carbocycles. The largest absolute Gasteiger partial charge is 0.465 e. The van der Waals surface area contributed by atoms with Crippen LogP contribution in [-0.2, 0) is 30.6 Å². The van der Waals surface area contributed by atoms with Gasteiger partial charge >= 0.3 is 5.97 Å². The average Bonchev–Trinajstić information content (AvgIpc) is 3.12. The van der Waals surface area contributed by atoms with Crippen molar-refractivity contribution in [3.63, 3.8) is 0 Å². The van der Waals surface area contributed by atoms with Gasteiger partial charge in [-0.05, 0) is 77.4 Å². The first-order valence-corrected chi connectivity index (χ1v) is 22.5. The Hall–Kier alpha value is 0.0383. The summed E-state index contributed by atoms with van der Waals surface area (Å²) in [7, 11) is 0. The summed E-state index contributed by atoms with van der Waals surface area (Å²) in [6, 6.07) is 0. The van der Waals surface area contributed by atoms with Crippen molar-refractivity contribution < 1.29 is 40.8 Å².